The van der Waals surface area contributed by atoms with E-state index in [4.69, 9.17) is 26.7 Å². The number of carbonyl (C=O) groups excluding carboxylic acids is 4. The van der Waals surface area contributed by atoms with Crippen LogP contribution in [0.15, 0.2) is 0 Å². The molecule has 2 unspecified atom stereocenters. The van der Waals surface area contributed by atoms with Crippen LogP contribution in [-0.4, -0.2) is 42.5 Å². The molecule has 6 N–H and O–H groups in total. The van der Waals surface area contributed by atoms with E-state index >= 15 is 0 Å². The quantitative estimate of drug-likeness (QED) is 0.0627. The molecule has 0 aromatic carbocycles. The molecule has 9 nitrogen and oxygen atoms in total. The lowest BCUT2D eigenvalue weighted by Gasteiger charge is -2.10. The van der Waals surface area contributed by atoms with Gasteiger partial charge >= 0.3 is 23.9 Å². The summed E-state index contributed by atoms with van der Waals surface area (Å²) in [5.41, 5.74) is 15.9. The van der Waals surface area contributed by atoms with Gasteiger partial charge in [-0.2, -0.15) is 0 Å². The van der Waals surface area contributed by atoms with Crippen molar-refractivity contribution in [3.05, 3.63) is 0 Å². The molecule has 41 heavy (non-hydrogen) atoms. The zero-order chi connectivity index (χ0) is 31.1. The van der Waals surface area contributed by atoms with Crippen LogP contribution in [-0.2, 0) is 28.7 Å². The molecule has 0 aromatic heterocycles. The van der Waals surface area contributed by atoms with E-state index in [1.54, 1.807) is 0 Å². The van der Waals surface area contributed by atoms with Crippen LogP contribution >= 0.6 is 0 Å². The van der Waals surface area contributed by atoms with Crippen LogP contribution in [0.1, 0.15) is 162 Å². The van der Waals surface area contributed by atoms with Gasteiger partial charge in [0.2, 0.25) is 0 Å². The van der Waals surface area contributed by atoms with E-state index in [-0.39, 0.29) is 31.7 Å². The van der Waals surface area contributed by atoms with Gasteiger partial charge in [-0.1, -0.05) is 117 Å². The fourth-order valence-corrected chi connectivity index (χ4v) is 4.02. The fraction of sp³-hybridized carbons (Fsp3) is 0.875. The van der Waals surface area contributed by atoms with E-state index < -0.39 is 29.9 Å². The second kappa shape index (κ2) is 31.1. The second-order valence-electron chi connectivity index (χ2n) is 11.2. The molecule has 0 saturated heterocycles. The third-order valence-corrected chi connectivity index (χ3v) is 6.75. The van der Waals surface area contributed by atoms with E-state index in [1.165, 1.54) is 77.0 Å². The Morgan fingerprint density at radius 3 is 1.22 bits per heavy atom. The highest BCUT2D eigenvalue weighted by molar-refractivity contribution is 5.89. The van der Waals surface area contributed by atoms with Gasteiger partial charge in [-0.15, -0.1) is 0 Å². The first kappa shape index (κ1) is 41.3. The molecular formula is C32H63N3O6. The molecule has 0 rings (SSSR count). The highest BCUT2D eigenvalue weighted by atomic mass is 16.6. The monoisotopic (exact) mass is 585 g/mol. The van der Waals surface area contributed by atoms with Gasteiger partial charge in [0.1, 0.15) is 6.04 Å². The molecule has 0 aliphatic heterocycles. The predicted molar refractivity (Wildman–Crippen MR) is 166 cm³/mol. The minimum Gasteiger partial charge on any atom is -0.393 e. The van der Waals surface area contributed by atoms with Gasteiger partial charge in [-0.25, -0.2) is 4.79 Å². The van der Waals surface area contributed by atoms with Crippen molar-refractivity contribution in [3.8, 4) is 0 Å². The summed E-state index contributed by atoms with van der Waals surface area (Å²) in [5.74, 6) is -2.68. The van der Waals surface area contributed by atoms with Crippen LogP contribution in [0.2, 0.25) is 0 Å². The van der Waals surface area contributed by atoms with Crippen molar-refractivity contribution in [2.24, 2.45) is 17.2 Å². The maximum atomic E-state index is 12.0. The van der Waals surface area contributed by atoms with Crippen molar-refractivity contribution in [3.63, 3.8) is 0 Å². The maximum Gasteiger partial charge on any atom is 0.330 e. The lowest BCUT2D eigenvalue weighted by molar-refractivity contribution is -0.160. The van der Waals surface area contributed by atoms with Crippen LogP contribution in [0.5, 0.6) is 0 Å². The molecule has 0 radical (unpaired) electrons. The molecule has 0 amide bonds. The van der Waals surface area contributed by atoms with Crippen LogP contribution in [0.4, 0.5) is 0 Å². The summed E-state index contributed by atoms with van der Waals surface area (Å²) in [5, 5.41) is 0. The van der Waals surface area contributed by atoms with E-state index in [2.05, 4.69) is 13.8 Å². The minimum absolute atomic E-state index is 0.0334. The molecule has 0 aliphatic rings. The van der Waals surface area contributed by atoms with Gasteiger partial charge in [-0.3, -0.25) is 14.4 Å². The summed E-state index contributed by atoms with van der Waals surface area (Å²) < 4.78 is 9.58. The van der Waals surface area contributed by atoms with E-state index in [9.17, 15) is 19.2 Å². The average Bonchev–Trinajstić information content (AvgIpc) is 2.94. The summed E-state index contributed by atoms with van der Waals surface area (Å²) in [4.78, 5) is 47.4. The summed E-state index contributed by atoms with van der Waals surface area (Å²) >= 11 is 0. The number of ether oxygens (including phenoxy) is 2. The molecule has 0 saturated carbocycles. The summed E-state index contributed by atoms with van der Waals surface area (Å²) in [6.07, 6.45) is 20.6. The van der Waals surface area contributed by atoms with Crippen LogP contribution in [0.25, 0.3) is 0 Å². The number of hydrogen-bond acceptors (Lipinski definition) is 9. The number of rotatable bonds is 25. The smallest absolute Gasteiger partial charge is 0.330 e. The Morgan fingerprint density at radius 2 is 0.854 bits per heavy atom. The molecule has 0 spiro atoms. The Balaban J connectivity index is 0. The van der Waals surface area contributed by atoms with Gasteiger partial charge in [0.15, 0.2) is 0 Å². The molecule has 0 bridgehead atoms. The predicted octanol–water partition coefficient (Wildman–Crippen LogP) is 6.37. The molecule has 242 valence electrons. The zero-order valence-corrected chi connectivity index (χ0v) is 26.6. The van der Waals surface area contributed by atoms with E-state index in [0.29, 0.717) is 19.4 Å². The Hall–Kier alpha value is -1.84. The average molecular weight is 586 g/mol. The molecule has 0 fully saturated rings. The van der Waals surface area contributed by atoms with Crippen molar-refractivity contribution in [2.75, 3.05) is 6.54 Å². The van der Waals surface area contributed by atoms with E-state index in [1.807, 2.05) is 6.92 Å². The fourth-order valence-electron chi connectivity index (χ4n) is 4.02. The Kier molecular flexibility index (Phi) is 31.3. The third-order valence-electron chi connectivity index (χ3n) is 6.75. The number of hydrogen-bond donors (Lipinski definition) is 3. The second-order valence-corrected chi connectivity index (χ2v) is 11.2. The molecule has 2 atom stereocenters. The van der Waals surface area contributed by atoms with Crippen molar-refractivity contribution in [2.45, 2.75) is 174 Å². The normalized spacial score (nSPS) is 12.1. The van der Waals surface area contributed by atoms with Crippen LogP contribution in [0.3, 0.4) is 0 Å². The first-order valence-corrected chi connectivity index (χ1v) is 16.4. The van der Waals surface area contributed by atoms with Crippen molar-refractivity contribution < 1.29 is 28.7 Å². The highest BCUT2D eigenvalue weighted by Gasteiger charge is 2.21. The van der Waals surface area contributed by atoms with Crippen molar-refractivity contribution >= 4 is 23.9 Å². The number of esters is 4. The van der Waals surface area contributed by atoms with E-state index in [0.717, 1.165) is 25.7 Å². The Morgan fingerprint density at radius 1 is 0.537 bits per heavy atom. The third kappa shape index (κ3) is 32.5. The first-order chi connectivity index (χ1) is 19.7. The van der Waals surface area contributed by atoms with Gasteiger partial charge in [0, 0.05) is 31.8 Å². The van der Waals surface area contributed by atoms with Crippen LogP contribution < -0.4 is 17.2 Å². The largest absolute Gasteiger partial charge is 0.393 e. The minimum atomic E-state index is -1.10. The number of nitrogens with two attached hydrogens (primary N) is 3. The molecule has 0 aromatic rings. The SMILES string of the molecule is CC(N)CN.CCCCCCCCCCCC(=O)OC(=O)CCC(N)C(=O)OC(=O)CCCCCCCCCCC. The van der Waals surface area contributed by atoms with Crippen molar-refractivity contribution in [1.29, 1.82) is 0 Å². The Bertz CT molecular complexity index is 657. The summed E-state index contributed by atoms with van der Waals surface area (Å²) in [6.45, 7) is 6.86. The van der Waals surface area contributed by atoms with Crippen LogP contribution in [0, 0.1) is 0 Å². The maximum absolute atomic E-state index is 12.0. The van der Waals surface area contributed by atoms with Gasteiger partial charge < -0.3 is 26.7 Å². The van der Waals surface area contributed by atoms with Gasteiger partial charge in [0.25, 0.3) is 0 Å². The molecule has 9 heteroatoms. The highest BCUT2D eigenvalue weighted by Crippen LogP contribution is 2.12. The lowest BCUT2D eigenvalue weighted by atomic mass is 10.1. The molecular weight excluding hydrogens is 522 g/mol. The number of unbranched alkanes of at least 4 members (excludes halogenated alkanes) is 16. The first-order valence-electron chi connectivity index (χ1n) is 16.4. The summed E-state index contributed by atoms with van der Waals surface area (Å²) in [6, 6.07) is -0.938. The topological polar surface area (TPSA) is 165 Å². The standard InChI is InChI=1S/C29H53NO6.C3H10N2/c1-3-5-7-9-11-13-15-17-19-21-26(31)35-28(33)24-23-25(30)29(34)36-27(32)22-20-18-16-14-12-10-8-6-4-2;1-3(5)2-4/h25H,3-24,30H2,1-2H3;3H,2,4-5H2,1H3. The lowest BCUT2D eigenvalue weighted by Crippen LogP contribution is -2.34. The Labute approximate surface area is 250 Å². The molecule has 0 heterocycles. The van der Waals surface area contributed by atoms with Gasteiger partial charge in [-0.05, 0) is 26.2 Å². The van der Waals surface area contributed by atoms with Crippen molar-refractivity contribution in [1.82, 2.24) is 0 Å². The summed E-state index contributed by atoms with van der Waals surface area (Å²) in [7, 11) is 0. The molecule has 0 aliphatic carbocycles. The van der Waals surface area contributed by atoms with Gasteiger partial charge in [0.05, 0.1) is 0 Å². The zero-order valence-electron chi connectivity index (χ0n) is 26.6. The number of carbonyl (C=O) groups is 4.